The monoisotopic (exact) mass is 271 g/mol. The van der Waals surface area contributed by atoms with Gasteiger partial charge < -0.3 is 9.84 Å². The van der Waals surface area contributed by atoms with E-state index in [0.29, 0.717) is 22.8 Å². The number of carboxylic acid groups (broad SMARTS) is 1. The molecule has 0 unspecified atom stereocenters. The molecule has 0 amide bonds. The van der Waals surface area contributed by atoms with E-state index in [9.17, 15) is 9.59 Å². The van der Waals surface area contributed by atoms with E-state index in [1.807, 2.05) is 0 Å². The molecule has 1 N–H and O–H groups in total. The Hall–Kier alpha value is -2.69. The zero-order valence-electron chi connectivity index (χ0n) is 11.1. The molecule has 20 heavy (non-hydrogen) atoms. The summed E-state index contributed by atoms with van der Waals surface area (Å²) >= 11 is 0. The van der Waals surface area contributed by atoms with Gasteiger partial charge in [0.2, 0.25) is 0 Å². The molecule has 0 spiro atoms. The third-order valence-electron chi connectivity index (χ3n) is 2.75. The third-order valence-corrected chi connectivity index (χ3v) is 2.75. The van der Waals surface area contributed by atoms with Gasteiger partial charge in [-0.1, -0.05) is 0 Å². The van der Waals surface area contributed by atoms with Crippen LogP contribution in [0.1, 0.15) is 33.3 Å². The zero-order valence-corrected chi connectivity index (χ0v) is 11.1. The fraction of sp³-hybridized carbons (Fsp3) is 0.133. The lowest BCUT2D eigenvalue weighted by Crippen LogP contribution is -1.98. The molecule has 0 radical (unpaired) electrons. The molecule has 5 heteroatoms. The zero-order chi connectivity index (χ0) is 14.7. The number of Topliss-reactive ketones (excluding diaryl/α,β-unsaturated/α-hetero) is 1. The van der Waals surface area contributed by atoms with E-state index < -0.39 is 5.97 Å². The van der Waals surface area contributed by atoms with E-state index in [-0.39, 0.29) is 11.3 Å². The number of carbonyl (C=O) groups excluding carboxylic acids is 1. The van der Waals surface area contributed by atoms with Crippen LogP contribution in [0.25, 0.3) is 0 Å². The molecule has 1 aromatic heterocycles. The maximum Gasteiger partial charge on any atom is 0.335 e. The molecule has 0 bridgehead atoms. The first-order valence-corrected chi connectivity index (χ1v) is 5.96. The summed E-state index contributed by atoms with van der Waals surface area (Å²) in [4.78, 5) is 25.9. The van der Waals surface area contributed by atoms with Gasteiger partial charge in [0.25, 0.3) is 0 Å². The Balaban J connectivity index is 2.21. The summed E-state index contributed by atoms with van der Waals surface area (Å²) in [6.45, 7) is 3.21. The van der Waals surface area contributed by atoms with Crippen molar-refractivity contribution in [2.24, 2.45) is 0 Å². The largest absolute Gasteiger partial charge is 0.478 e. The summed E-state index contributed by atoms with van der Waals surface area (Å²) < 4.78 is 5.61. The van der Waals surface area contributed by atoms with Gasteiger partial charge in [0.05, 0.1) is 11.8 Å². The minimum Gasteiger partial charge on any atom is -0.478 e. The molecule has 1 heterocycles. The molecule has 2 aromatic rings. The number of aromatic carboxylic acids is 1. The van der Waals surface area contributed by atoms with Crippen molar-refractivity contribution in [1.82, 2.24) is 4.98 Å². The van der Waals surface area contributed by atoms with Crippen LogP contribution >= 0.6 is 0 Å². The van der Waals surface area contributed by atoms with Crippen LogP contribution in [0.4, 0.5) is 0 Å². The molecule has 0 saturated heterocycles. The number of carboxylic acids is 1. The Bertz CT molecular complexity index is 662. The molecule has 0 aliphatic carbocycles. The summed E-state index contributed by atoms with van der Waals surface area (Å²) in [5, 5.41) is 8.89. The topological polar surface area (TPSA) is 76.5 Å². The van der Waals surface area contributed by atoms with Crippen molar-refractivity contribution in [3.8, 4) is 11.5 Å². The van der Waals surface area contributed by atoms with Gasteiger partial charge in [0, 0.05) is 6.92 Å². The number of carbonyl (C=O) groups is 2. The van der Waals surface area contributed by atoms with Gasteiger partial charge in [-0.25, -0.2) is 9.78 Å². The van der Waals surface area contributed by atoms with Crippen molar-refractivity contribution in [2.45, 2.75) is 13.8 Å². The Labute approximate surface area is 115 Å². The number of pyridine rings is 1. The Kier molecular flexibility index (Phi) is 3.79. The second kappa shape index (κ2) is 5.52. The fourth-order valence-corrected chi connectivity index (χ4v) is 1.67. The minimum absolute atomic E-state index is 0.112. The first kappa shape index (κ1) is 13.7. The van der Waals surface area contributed by atoms with E-state index in [1.165, 1.54) is 25.3 Å². The molecule has 0 fully saturated rings. The highest BCUT2D eigenvalue weighted by Crippen LogP contribution is 2.25. The fourth-order valence-electron chi connectivity index (χ4n) is 1.67. The van der Waals surface area contributed by atoms with E-state index >= 15 is 0 Å². The number of nitrogens with zero attached hydrogens (tertiary/aromatic N) is 1. The molecule has 1 aromatic carbocycles. The summed E-state index contributed by atoms with van der Waals surface area (Å²) in [5.74, 6) is -0.0563. The molecule has 2 rings (SSSR count). The van der Waals surface area contributed by atoms with Gasteiger partial charge in [-0.3, -0.25) is 4.79 Å². The van der Waals surface area contributed by atoms with E-state index in [2.05, 4.69) is 4.98 Å². The highest BCUT2D eigenvalue weighted by Gasteiger charge is 2.08. The normalized spacial score (nSPS) is 10.1. The first-order valence-electron chi connectivity index (χ1n) is 5.96. The molecule has 0 atom stereocenters. The average molecular weight is 271 g/mol. The van der Waals surface area contributed by atoms with Gasteiger partial charge >= 0.3 is 5.97 Å². The predicted octanol–water partition coefficient (Wildman–Crippen LogP) is 3.08. The number of benzene rings is 1. The van der Waals surface area contributed by atoms with Crippen LogP contribution in [0.15, 0.2) is 36.5 Å². The highest BCUT2D eigenvalue weighted by atomic mass is 16.5. The maximum atomic E-state index is 11.1. The highest BCUT2D eigenvalue weighted by molar-refractivity contribution is 5.92. The smallest absolute Gasteiger partial charge is 0.335 e. The lowest BCUT2D eigenvalue weighted by atomic mass is 10.1. The average Bonchev–Trinajstić information content (AvgIpc) is 2.41. The number of hydrogen-bond acceptors (Lipinski definition) is 4. The lowest BCUT2D eigenvalue weighted by molar-refractivity contribution is 0.0696. The molecule has 0 aliphatic rings. The number of hydrogen-bond donors (Lipinski definition) is 1. The Morgan fingerprint density at radius 2 is 1.95 bits per heavy atom. The molecule has 5 nitrogen and oxygen atoms in total. The molecule has 0 saturated carbocycles. The van der Waals surface area contributed by atoms with Gasteiger partial charge in [-0.2, -0.15) is 0 Å². The van der Waals surface area contributed by atoms with Crippen LogP contribution in [-0.2, 0) is 0 Å². The molecular weight excluding hydrogens is 258 g/mol. The Morgan fingerprint density at radius 1 is 1.20 bits per heavy atom. The van der Waals surface area contributed by atoms with E-state index in [1.54, 1.807) is 25.1 Å². The third kappa shape index (κ3) is 3.00. The van der Waals surface area contributed by atoms with Crippen molar-refractivity contribution < 1.29 is 19.4 Å². The van der Waals surface area contributed by atoms with E-state index in [0.717, 1.165) is 0 Å². The molecule has 0 aliphatic heterocycles. The summed E-state index contributed by atoms with van der Waals surface area (Å²) in [5.41, 5.74) is 1.29. The number of aromatic nitrogens is 1. The van der Waals surface area contributed by atoms with Crippen LogP contribution in [-0.4, -0.2) is 21.8 Å². The maximum absolute atomic E-state index is 11.1. The summed E-state index contributed by atoms with van der Waals surface area (Å²) in [6.07, 6.45) is 1.46. The Morgan fingerprint density at radius 3 is 2.45 bits per heavy atom. The number of ketones is 1. The molecule has 102 valence electrons. The van der Waals surface area contributed by atoms with Crippen LogP contribution in [0, 0.1) is 6.92 Å². The summed E-state index contributed by atoms with van der Waals surface area (Å²) in [6, 6.07) is 7.83. The van der Waals surface area contributed by atoms with E-state index in [4.69, 9.17) is 9.84 Å². The van der Waals surface area contributed by atoms with Crippen LogP contribution in [0.3, 0.4) is 0 Å². The second-order valence-corrected chi connectivity index (χ2v) is 4.32. The molecular formula is C15H13NO4. The first-order chi connectivity index (χ1) is 9.47. The number of rotatable bonds is 4. The minimum atomic E-state index is -0.980. The van der Waals surface area contributed by atoms with Crippen molar-refractivity contribution in [3.63, 3.8) is 0 Å². The lowest BCUT2D eigenvalue weighted by Gasteiger charge is -2.09. The van der Waals surface area contributed by atoms with Gasteiger partial charge in [0.1, 0.15) is 17.2 Å². The van der Waals surface area contributed by atoms with Crippen LogP contribution in [0.5, 0.6) is 11.5 Å². The predicted molar refractivity (Wildman–Crippen MR) is 72.5 cm³/mol. The van der Waals surface area contributed by atoms with Crippen molar-refractivity contribution in [2.75, 3.05) is 0 Å². The van der Waals surface area contributed by atoms with Crippen molar-refractivity contribution >= 4 is 11.8 Å². The van der Waals surface area contributed by atoms with Gasteiger partial charge in [-0.15, -0.1) is 0 Å². The van der Waals surface area contributed by atoms with Gasteiger partial charge in [0.15, 0.2) is 5.78 Å². The van der Waals surface area contributed by atoms with Gasteiger partial charge in [-0.05, 0) is 42.8 Å². The van der Waals surface area contributed by atoms with Crippen molar-refractivity contribution in [3.05, 3.63) is 53.3 Å². The van der Waals surface area contributed by atoms with Crippen molar-refractivity contribution in [1.29, 1.82) is 0 Å². The quantitative estimate of drug-likeness (QED) is 0.865. The van der Waals surface area contributed by atoms with Crippen LogP contribution < -0.4 is 4.74 Å². The second-order valence-electron chi connectivity index (χ2n) is 4.32. The SMILES string of the molecule is CC(=O)c1ccc(Oc2ccc(C(=O)O)cc2C)cn1. The number of ether oxygens (including phenoxy) is 1. The summed E-state index contributed by atoms with van der Waals surface area (Å²) in [7, 11) is 0. The number of aryl methyl sites for hydroxylation is 1. The standard InChI is InChI=1S/C15H13NO4/c1-9-7-11(15(18)19)3-6-14(9)20-12-4-5-13(10(2)17)16-8-12/h3-8H,1-2H3,(H,18,19). The van der Waals surface area contributed by atoms with Crippen LogP contribution in [0.2, 0.25) is 0 Å².